The van der Waals surface area contributed by atoms with Gasteiger partial charge in [-0.3, -0.25) is 4.98 Å². The van der Waals surface area contributed by atoms with E-state index in [0.29, 0.717) is 18.0 Å². The Kier molecular flexibility index (Phi) is 2.41. The van der Waals surface area contributed by atoms with Crippen LogP contribution in [-0.2, 0) is 0 Å². The van der Waals surface area contributed by atoms with Crippen LogP contribution in [0.2, 0.25) is 0 Å². The number of hydrogen-bond donors (Lipinski definition) is 2. The summed E-state index contributed by atoms with van der Waals surface area (Å²) in [4.78, 5) is 11.9. The predicted molar refractivity (Wildman–Crippen MR) is 69.1 cm³/mol. The van der Waals surface area contributed by atoms with E-state index in [4.69, 9.17) is 0 Å². The van der Waals surface area contributed by atoms with E-state index in [1.54, 1.807) is 12.3 Å². The minimum atomic E-state index is -0.319. The Labute approximate surface area is 110 Å². The van der Waals surface area contributed by atoms with Crippen LogP contribution in [0.4, 0.5) is 4.39 Å². The molecule has 0 aromatic carbocycles. The van der Waals surface area contributed by atoms with Crippen LogP contribution >= 0.6 is 0 Å². The Balaban J connectivity index is 1.61. The lowest BCUT2D eigenvalue weighted by Crippen LogP contribution is -2.22. The Hall–Kier alpha value is -1.75. The zero-order chi connectivity index (χ0) is 12.8. The molecule has 2 aromatic rings. The van der Waals surface area contributed by atoms with Crippen molar-refractivity contribution in [2.75, 3.05) is 0 Å². The van der Waals surface area contributed by atoms with Crippen LogP contribution < -0.4 is 5.32 Å². The highest BCUT2D eigenvalue weighted by molar-refractivity contribution is 5.52. The zero-order valence-corrected chi connectivity index (χ0v) is 10.4. The maximum Gasteiger partial charge on any atom is 0.141 e. The third-order valence-electron chi connectivity index (χ3n) is 4.25. The zero-order valence-electron chi connectivity index (χ0n) is 10.4. The van der Waals surface area contributed by atoms with Crippen molar-refractivity contribution < 1.29 is 4.39 Å². The maximum atomic E-state index is 12.9. The Bertz CT molecular complexity index is 592. The molecule has 4 rings (SSSR count). The Morgan fingerprint density at radius 3 is 2.79 bits per heavy atom. The lowest BCUT2D eigenvalue weighted by molar-refractivity contribution is 0.490. The third-order valence-corrected chi connectivity index (χ3v) is 4.25. The normalized spacial score (nSPS) is 29.0. The minimum Gasteiger partial charge on any atom is -0.340 e. The van der Waals surface area contributed by atoms with E-state index in [-0.39, 0.29) is 5.82 Å². The number of pyridine rings is 1. The van der Waals surface area contributed by atoms with Gasteiger partial charge >= 0.3 is 0 Å². The summed E-state index contributed by atoms with van der Waals surface area (Å²) in [5, 5.41) is 3.61. The van der Waals surface area contributed by atoms with E-state index >= 15 is 0 Å². The van der Waals surface area contributed by atoms with E-state index in [2.05, 4.69) is 20.3 Å². The van der Waals surface area contributed by atoms with Gasteiger partial charge in [0.1, 0.15) is 11.6 Å². The molecule has 4 heterocycles. The topological polar surface area (TPSA) is 53.6 Å². The Morgan fingerprint density at radius 2 is 2.11 bits per heavy atom. The molecule has 19 heavy (non-hydrogen) atoms. The molecule has 2 saturated heterocycles. The average molecular weight is 258 g/mol. The molecule has 0 spiro atoms. The second-order valence-electron chi connectivity index (χ2n) is 5.43. The summed E-state index contributed by atoms with van der Waals surface area (Å²) in [6, 6.07) is 4.31. The largest absolute Gasteiger partial charge is 0.340 e. The monoisotopic (exact) mass is 258 g/mol. The molecule has 2 aliphatic heterocycles. The first kappa shape index (κ1) is 11.1. The first-order chi connectivity index (χ1) is 9.29. The number of rotatable bonds is 2. The molecule has 2 aliphatic rings. The maximum absolute atomic E-state index is 12.9. The van der Waals surface area contributed by atoms with E-state index in [9.17, 15) is 4.39 Å². The van der Waals surface area contributed by atoms with Crippen LogP contribution in [-0.4, -0.2) is 27.0 Å². The lowest BCUT2D eigenvalue weighted by atomic mass is 9.89. The van der Waals surface area contributed by atoms with E-state index < -0.39 is 0 Å². The van der Waals surface area contributed by atoms with Crippen LogP contribution in [0.15, 0.2) is 24.5 Å². The number of hydrogen-bond acceptors (Lipinski definition) is 3. The standard InChI is InChI=1S/C14H15FN4/c15-8-1-3-12(16-6-8)13-7-17-14(19-13)10-5-9-2-4-11(10)18-9/h1,3,6-7,9-11,18H,2,4-5H2,(H,17,19). The number of fused-ring (bicyclic) bond motifs is 2. The van der Waals surface area contributed by atoms with Gasteiger partial charge in [-0.25, -0.2) is 9.37 Å². The highest BCUT2D eigenvalue weighted by Gasteiger charge is 2.41. The van der Waals surface area contributed by atoms with E-state index in [1.807, 2.05) is 0 Å². The van der Waals surface area contributed by atoms with Gasteiger partial charge < -0.3 is 10.3 Å². The third kappa shape index (κ3) is 1.85. The van der Waals surface area contributed by atoms with Crippen LogP contribution in [0.3, 0.4) is 0 Å². The lowest BCUT2D eigenvalue weighted by Gasteiger charge is -2.17. The van der Waals surface area contributed by atoms with Gasteiger partial charge in [-0.2, -0.15) is 0 Å². The van der Waals surface area contributed by atoms with Gasteiger partial charge in [0.2, 0.25) is 0 Å². The number of H-pyrrole nitrogens is 1. The molecule has 0 amide bonds. The summed E-state index contributed by atoms with van der Waals surface area (Å²) < 4.78 is 12.9. The smallest absolute Gasteiger partial charge is 0.141 e. The van der Waals surface area contributed by atoms with Gasteiger partial charge in [0.05, 0.1) is 23.8 Å². The van der Waals surface area contributed by atoms with Gasteiger partial charge in [-0.05, 0) is 31.4 Å². The van der Waals surface area contributed by atoms with E-state index in [1.165, 1.54) is 25.1 Å². The summed E-state index contributed by atoms with van der Waals surface area (Å²) in [7, 11) is 0. The summed E-state index contributed by atoms with van der Waals surface area (Å²) in [6.07, 6.45) is 6.71. The molecule has 2 N–H and O–H groups in total. The van der Waals surface area contributed by atoms with Crippen molar-refractivity contribution in [3.63, 3.8) is 0 Å². The fourth-order valence-corrected chi connectivity index (χ4v) is 3.32. The Morgan fingerprint density at radius 1 is 1.16 bits per heavy atom. The highest BCUT2D eigenvalue weighted by Crippen LogP contribution is 2.39. The molecule has 2 aromatic heterocycles. The summed E-state index contributed by atoms with van der Waals surface area (Å²) in [5.74, 6) is 1.19. The van der Waals surface area contributed by atoms with Crippen molar-refractivity contribution in [1.29, 1.82) is 0 Å². The second kappa shape index (κ2) is 4.13. The van der Waals surface area contributed by atoms with Crippen molar-refractivity contribution in [3.8, 4) is 11.4 Å². The molecular formula is C14H15FN4. The molecular weight excluding hydrogens is 243 g/mol. The van der Waals surface area contributed by atoms with Crippen molar-refractivity contribution in [2.45, 2.75) is 37.3 Å². The summed E-state index contributed by atoms with van der Waals surface area (Å²) >= 11 is 0. The van der Waals surface area contributed by atoms with Crippen molar-refractivity contribution in [3.05, 3.63) is 36.2 Å². The van der Waals surface area contributed by atoms with Crippen LogP contribution in [0.5, 0.6) is 0 Å². The molecule has 0 radical (unpaired) electrons. The van der Waals surface area contributed by atoms with Gasteiger partial charge in [-0.1, -0.05) is 0 Å². The number of aromatic amines is 1. The first-order valence-corrected chi connectivity index (χ1v) is 6.72. The fraction of sp³-hybridized carbons (Fsp3) is 0.429. The van der Waals surface area contributed by atoms with Gasteiger partial charge in [0.15, 0.2) is 0 Å². The first-order valence-electron chi connectivity index (χ1n) is 6.72. The number of imidazole rings is 1. The molecule has 3 unspecified atom stereocenters. The number of nitrogens with zero attached hydrogens (tertiary/aromatic N) is 2. The van der Waals surface area contributed by atoms with Crippen LogP contribution in [0.25, 0.3) is 11.4 Å². The fourth-order valence-electron chi connectivity index (χ4n) is 3.32. The number of halogens is 1. The van der Waals surface area contributed by atoms with Crippen molar-refractivity contribution >= 4 is 0 Å². The minimum absolute atomic E-state index is 0.319. The highest BCUT2D eigenvalue weighted by atomic mass is 19.1. The average Bonchev–Trinajstić information content (AvgIpc) is 3.15. The molecule has 4 nitrogen and oxygen atoms in total. The van der Waals surface area contributed by atoms with Crippen LogP contribution in [0.1, 0.15) is 31.0 Å². The number of aromatic nitrogens is 3. The van der Waals surface area contributed by atoms with Gasteiger partial charge in [0.25, 0.3) is 0 Å². The quantitative estimate of drug-likeness (QED) is 0.868. The molecule has 5 heteroatoms. The van der Waals surface area contributed by atoms with Crippen LogP contribution in [0, 0.1) is 5.82 Å². The van der Waals surface area contributed by atoms with Crippen molar-refractivity contribution in [2.24, 2.45) is 0 Å². The SMILES string of the molecule is Fc1ccc(-c2cnc(C3CC4CCC3N4)[nH]2)nc1. The predicted octanol–water partition coefficient (Wildman–Crippen LogP) is 2.22. The molecule has 2 fully saturated rings. The molecule has 0 saturated carbocycles. The molecule has 2 bridgehead atoms. The van der Waals surface area contributed by atoms with Gasteiger partial charge in [-0.15, -0.1) is 0 Å². The second-order valence-corrected chi connectivity index (χ2v) is 5.43. The van der Waals surface area contributed by atoms with E-state index in [0.717, 1.165) is 23.6 Å². The molecule has 0 aliphatic carbocycles. The van der Waals surface area contributed by atoms with Crippen molar-refractivity contribution in [1.82, 2.24) is 20.3 Å². The summed E-state index contributed by atoms with van der Waals surface area (Å²) in [5.41, 5.74) is 1.59. The van der Waals surface area contributed by atoms with Gasteiger partial charge in [0, 0.05) is 18.0 Å². The number of nitrogens with one attached hydrogen (secondary N) is 2. The molecule has 3 atom stereocenters. The summed E-state index contributed by atoms with van der Waals surface area (Å²) in [6.45, 7) is 0. The molecule has 98 valence electrons.